The van der Waals surface area contributed by atoms with Crippen LogP contribution < -0.4 is 0 Å². The first-order valence-corrected chi connectivity index (χ1v) is 9.12. The molecule has 0 atom stereocenters. The number of hydrogen-bond donors (Lipinski definition) is 0. The van der Waals surface area contributed by atoms with Gasteiger partial charge in [-0.05, 0) is 59.3 Å². The number of allylic oxidation sites excluding steroid dienone is 1. The van der Waals surface area contributed by atoms with E-state index in [2.05, 4.69) is 0 Å². The predicted octanol–water partition coefficient (Wildman–Crippen LogP) is 7.30. The first-order valence-electron chi connectivity index (χ1n) is 8.37. The second-order valence-corrected chi connectivity index (χ2v) is 6.90. The number of fused-ring (bicyclic) bond motifs is 1. The zero-order valence-electron chi connectivity index (χ0n) is 14.2. The molecule has 0 spiro atoms. The fourth-order valence-electron chi connectivity index (χ4n) is 2.84. The molecule has 132 valence electrons. The van der Waals surface area contributed by atoms with Crippen molar-refractivity contribution in [2.24, 2.45) is 0 Å². The van der Waals surface area contributed by atoms with Gasteiger partial charge in [-0.3, -0.25) is 4.79 Å². The first kappa shape index (κ1) is 17.6. The summed E-state index contributed by atoms with van der Waals surface area (Å²) in [6.45, 7) is 0. The highest BCUT2D eigenvalue weighted by atomic mass is 35.5. The summed E-state index contributed by atoms with van der Waals surface area (Å²) in [5, 5.41) is 3.11. The SMILES string of the molecule is O=C(C=Cc1ccc(-c2ccc(Cl)c(Cl)c2)o1)c1ccc2ccccc2c1. The van der Waals surface area contributed by atoms with Gasteiger partial charge in [-0.1, -0.05) is 59.6 Å². The second kappa shape index (κ2) is 7.43. The van der Waals surface area contributed by atoms with Crippen LogP contribution in [0.5, 0.6) is 0 Å². The molecule has 0 fully saturated rings. The smallest absolute Gasteiger partial charge is 0.185 e. The summed E-state index contributed by atoms with van der Waals surface area (Å²) in [4.78, 5) is 12.5. The summed E-state index contributed by atoms with van der Waals surface area (Å²) in [5.74, 6) is 1.17. The number of rotatable bonds is 4. The number of halogens is 2. The Labute approximate surface area is 166 Å². The minimum absolute atomic E-state index is 0.0757. The van der Waals surface area contributed by atoms with Crippen LogP contribution in [0.4, 0.5) is 0 Å². The minimum Gasteiger partial charge on any atom is -0.457 e. The average Bonchev–Trinajstić information content (AvgIpc) is 3.17. The molecule has 0 aliphatic heterocycles. The molecule has 2 nitrogen and oxygen atoms in total. The lowest BCUT2D eigenvalue weighted by Gasteiger charge is -2.00. The van der Waals surface area contributed by atoms with Crippen molar-refractivity contribution < 1.29 is 9.21 Å². The molecular weight excluding hydrogens is 379 g/mol. The van der Waals surface area contributed by atoms with Gasteiger partial charge in [0.1, 0.15) is 11.5 Å². The Morgan fingerprint density at radius 1 is 0.815 bits per heavy atom. The maximum Gasteiger partial charge on any atom is 0.185 e. The molecule has 0 saturated heterocycles. The van der Waals surface area contributed by atoms with E-state index < -0.39 is 0 Å². The molecule has 0 N–H and O–H groups in total. The first-order chi connectivity index (χ1) is 13.1. The summed E-state index contributed by atoms with van der Waals surface area (Å²) in [6.07, 6.45) is 3.18. The van der Waals surface area contributed by atoms with Crippen molar-refractivity contribution >= 4 is 45.8 Å². The number of furan rings is 1. The van der Waals surface area contributed by atoms with E-state index in [1.165, 1.54) is 6.08 Å². The van der Waals surface area contributed by atoms with Gasteiger partial charge >= 0.3 is 0 Å². The minimum atomic E-state index is -0.0757. The van der Waals surface area contributed by atoms with Gasteiger partial charge < -0.3 is 4.42 Å². The van der Waals surface area contributed by atoms with E-state index >= 15 is 0 Å². The van der Waals surface area contributed by atoms with Crippen LogP contribution in [-0.2, 0) is 0 Å². The Morgan fingerprint density at radius 3 is 2.44 bits per heavy atom. The summed E-state index contributed by atoms with van der Waals surface area (Å²) < 4.78 is 5.78. The number of carbonyl (C=O) groups excluding carboxylic acids is 1. The lowest BCUT2D eigenvalue weighted by molar-refractivity contribution is 0.104. The van der Waals surface area contributed by atoms with Gasteiger partial charge in [-0.2, -0.15) is 0 Å². The molecule has 3 aromatic carbocycles. The molecule has 1 heterocycles. The van der Waals surface area contributed by atoms with Gasteiger partial charge in [0.05, 0.1) is 10.0 Å². The van der Waals surface area contributed by atoms with Crippen LogP contribution in [0, 0.1) is 0 Å². The molecule has 27 heavy (non-hydrogen) atoms. The molecule has 4 aromatic rings. The Balaban J connectivity index is 1.54. The van der Waals surface area contributed by atoms with E-state index in [-0.39, 0.29) is 5.78 Å². The predicted molar refractivity (Wildman–Crippen MR) is 111 cm³/mol. The van der Waals surface area contributed by atoms with Crippen molar-refractivity contribution in [1.29, 1.82) is 0 Å². The van der Waals surface area contributed by atoms with E-state index in [1.807, 2.05) is 60.7 Å². The van der Waals surface area contributed by atoms with Crippen LogP contribution >= 0.6 is 23.2 Å². The van der Waals surface area contributed by atoms with E-state index in [4.69, 9.17) is 27.6 Å². The zero-order chi connectivity index (χ0) is 18.8. The Morgan fingerprint density at radius 2 is 1.63 bits per heavy atom. The average molecular weight is 393 g/mol. The highest BCUT2D eigenvalue weighted by molar-refractivity contribution is 6.42. The monoisotopic (exact) mass is 392 g/mol. The topological polar surface area (TPSA) is 30.2 Å². The van der Waals surface area contributed by atoms with Crippen LogP contribution in [0.1, 0.15) is 16.1 Å². The van der Waals surface area contributed by atoms with Crippen molar-refractivity contribution in [2.45, 2.75) is 0 Å². The van der Waals surface area contributed by atoms with Crippen LogP contribution in [0.3, 0.4) is 0 Å². The van der Waals surface area contributed by atoms with Gasteiger partial charge in [0.25, 0.3) is 0 Å². The van der Waals surface area contributed by atoms with Gasteiger partial charge in [0.2, 0.25) is 0 Å². The Kier molecular flexibility index (Phi) is 4.85. The third kappa shape index (κ3) is 3.82. The van der Waals surface area contributed by atoms with Gasteiger partial charge in [0.15, 0.2) is 5.78 Å². The third-order valence-electron chi connectivity index (χ3n) is 4.26. The highest BCUT2D eigenvalue weighted by Crippen LogP contribution is 2.29. The van der Waals surface area contributed by atoms with Crippen molar-refractivity contribution in [1.82, 2.24) is 0 Å². The summed E-state index contributed by atoms with van der Waals surface area (Å²) in [7, 11) is 0. The number of carbonyl (C=O) groups is 1. The fraction of sp³-hybridized carbons (Fsp3) is 0. The molecular formula is C23H14Cl2O2. The van der Waals surface area contributed by atoms with Crippen molar-refractivity contribution in [3.05, 3.63) is 100 Å². The number of ketones is 1. The summed E-state index contributed by atoms with van der Waals surface area (Å²) in [5.41, 5.74) is 1.46. The second-order valence-electron chi connectivity index (χ2n) is 6.09. The van der Waals surface area contributed by atoms with E-state index in [0.717, 1.165) is 16.3 Å². The lowest BCUT2D eigenvalue weighted by atomic mass is 10.0. The third-order valence-corrected chi connectivity index (χ3v) is 5.00. The van der Waals surface area contributed by atoms with Gasteiger partial charge in [-0.15, -0.1) is 0 Å². The summed E-state index contributed by atoms with van der Waals surface area (Å²) in [6, 6.07) is 22.6. The van der Waals surface area contributed by atoms with Crippen LogP contribution in [0.25, 0.3) is 28.2 Å². The molecule has 0 bridgehead atoms. The molecule has 1 aromatic heterocycles. The molecule has 0 radical (unpaired) electrons. The zero-order valence-corrected chi connectivity index (χ0v) is 15.7. The molecule has 0 aliphatic rings. The molecule has 0 saturated carbocycles. The number of benzene rings is 3. The lowest BCUT2D eigenvalue weighted by Crippen LogP contribution is -1.93. The molecule has 0 unspecified atom stereocenters. The van der Waals surface area contributed by atoms with Gasteiger partial charge in [0, 0.05) is 11.1 Å². The summed E-state index contributed by atoms with van der Waals surface area (Å²) >= 11 is 12.0. The number of hydrogen-bond acceptors (Lipinski definition) is 2. The molecule has 4 heteroatoms. The van der Waals surface area contributed by atoms with Crippen molar-refractivity contribution in [3.8, 4) is 11.3 Å². The molecule has 0 amide bonds. The Hall–Kier alpha value is -2.81. The standard InChI is InChI=1S/C23H14Cl2O2/c24-20-10-7-18(14-21(20)25)23-12-9-19(27-23)8-11-22(26)17-6-5-15-3-1-2-4-16(15)13-17/h1-14H. The van der Waals surface area contributed by atoms with Crippen molar-refractivity contribution in [3.63, 3.8) is 0 Å². The van der Waals surface area contributed by atoms with Gasteiger partial charge in [-0.25, -0.2) is 0 Å². The van der Waals surface area contributed by atoms with Crippen LogP contribution in [0.15, 0.2) is 83.3 Å². The van der Waals surface area contributed by atoms with E-state index in [9.17, 15) is 4.79 Å². The highest BCUT2D eigenvalue weighted by Gasteiger charge is 2.07. The molecule has 0 aliphatic carbocycles. The normalized spacial score (nSPS) is 11.3. The van der Waals surface area contributed by atoms with Crippen LogP contribution in [0.2, 0.25) is 10.0 Å². The maximum absolute atomic E-state index is 12.5. The van der Waals surface area contributed by atoms with Crippen molar-refractivity contribution in [2.75, 3.05) is 0 Å². The van der Waals surface area contributed by atoms with E-state index in [1.54, 1.807) is 18.2 Å². The van der Waals surface area contributed by atoms with Crippen LogP contribution in [-0.4, -0.2) is 5.78 Å². The quantitative estimate of drug-likeness (QED) is 0.269. The Bertz CT molecular complexity index is 1170. The fourth-order valence-corrected chi connectivity index (χ4v) is 3.14. The maximum atomic E-state index is 12.5. The van der Waals surface area contributed by atoms with E-state index in [0.29, 0.717) is 27.1 Å². The largest absolute Gasteiger partial charge is 0.457 e. The molecule has 4 rings (SSSR count).